The first-order valence-corrected chi connectivity index (χ1v) is 8.21. The fraction of sp³-hybridized carbons (Fsp3) is 0.333. The number of aryl methyl sites for hydroxylation is 2. The van der Waals surface area contributed by atoms with Gasteiger partial charge in [-0.2, -0.15) is 0 Å². The maximum absolute atomic E-state index is 7.48. The maximum atomic E-state index is 7.48. The molecule has 0 radical (unpaired) electrons. The quantitative estimate of drug-likeness (QED) is 0.926. The van der Waals surface area contributed by atoms with Gasteiger partial charge >= 0.3 is 0 Å². The van der Waals surface area contributed by atoms with Crippen molar-refractivity contribution in [1.29, 1.82) is 0 Å². The van der Waals surface area contributed by atoms with Gasteiger partial charge in [-0.05, 0) is 37.6 Å². The van der Waals surface area contributed by atoms with E-state index in [1.807, 2.05) is 11.8 Å². The number of anilines is 1. The number of hydrogen-bond acceptors (Lipinski definition) is 3. The highest BCUT2D eigenvalue weighted by molar-refractivity contribution is 7.99. The van der Waals surface area contributed by atoms with Crippen LogP contribution >= 0.6 is 11.8 Å². The first-order chi connectivity index (χ1) is 10.8. The van der Waals surface area contributed by atoms with Crippen LogP contribution in [-0.2, 0) is 0 Å². The zero-order valence-electron chi connectivity index (χ0n) is 13.4. The van der Waals surface area contributed by atoms with E-state index in [9.17, 15) is 0 Å². The van der Waals surface area contributed by atoms with E-state index in [2.05, 4.69) is 59.6 Å². The van der Waals surface area contributed by atoms with Crippen LogP contribution in [0.5, 0.6) is 0 Å². The van der Waals surface area contributed by atoms with Crippen molar-refractivity contribution in [2.24, 2.45) is 0 Å². The summed E-state index contributed by atoms with van der Waals surface area (Å²) in [5.74, 6) is 0. The molecule has 1 saturated heterocycles. The van der Waals surface area contributed by atoms with Gasteiger partial charge in [0.15, 0.2) is 0 Å². The molecule has 0 spiro atoms. The topological polar surface area (TPSA) is 15.3 Å². The van der Waals surface area contributed by atoms with Gasteiger partial charge in [0.1, 0.15) is 0 Å². The van der Waals surface area contributed by atoms with Crippen LogP contribution in [0.1, 0.15) is 12.5 Å². The van der Waals surface area contributed by atoms with Gasteiger partial charge in [0.25, 0.3) is 0 Å². The Labute approximate surface area is 133 Å². The van der Waals surface area contributed by atoms with E-state index < -0.39 is 0 Å². The lowest BCUT2D eigenvalue weighted by Gasteiger charge is -2.31. The first kappa shape index (κ1) is 13.2. The third-order valence-electron chi connectivity index (χ3n) is 3.78. The van der Waals surface area contributed by atoms with E-state index in [0.29, 0.717) is 6.90 Å². The van der Waals surface area contributed by atoms with Gasteiger partial charge in [-0.3, -0.25) is 0 Å². The average Bonchev–Trinajstić information content (AvgIpc) is 2.58. The highest BCUT2D eigenvalue weighted by Crippen LogP contribution is 2.37. The Balaban J connectivity index is 1.86. The smallest absolute Gasteiger partial charge is 0.0508 e. The van der Waals surface area contributed by atoms with Crippen molar-refractivity contribution in [1.82, 2.24) is 5.32 Å². The third-order valence-corrected chi connectivity index (χ3v) is 5.03. The Morgan fingerprint density at radius 3 is 2.67 bits per heavy atom. The van der Waals surface area contributed by atoms with Crippen LogP contribution in [0.3, 0.4) is 0 Å². The van der Waals surface area contributed by atoms with Crippen molar-refractivity contribution in [2.45, 2.75) is 23.6 Å². The van der Waals surface area contributed by atoms with Crippen molar-refractivity contribution < 1.29 is 1.37 Å². The Morgan fingerprint density at radius 1 is 1.10 bits per heavy atom. The van der Waals surface area contributed by atoms with Gasteiger partial charge in [0.2, 0.25) is 0 Å². The number of piperazine rings is 1. The molecule has 1 aliphatic heterocycles. The molecule has 1 heterocycles. The normalized spacial score (nSPS) is 15.9. The minimum Gasteiger partial charge on any atom is -0.368 e. The molecule has 0 bridgehead atoms. The first-order valence-electron chi connectivity index (χ1n) is 8.10. The molecule has 1 N–H and O–H groups in total. The lowest BCUT2D eigenvalue weighted by Crippen LogP contribution is -2.43. The molecule has 2 aromatic rings. The molecule has 21 heavy (non-hydrogen) atoms. The third kappa shape index (κ3) is 3.42. The maximum Gasteiger partial charge on any atom is 0.0508 e. The van der Waals surface area contributed by atoms with E-state index in [1.165, 1.54) is 21.0 Å². The molecular weight excluding hydrogens is 276 g/mol. The molecule has 2 aromatic carbocycles. The van der Waals surface area contributed by atoms with Crippen molar-refractivity contribution in [3.63, 3.8) is 0 Å². The van der Waals surface area contributed by atoms with E-state index in [1.54, 1.807) is 0 Å². The van der Waals surface area contributed by atoms with Crippen LogP contribution in [0.4, 0.5) is 5.69 Å². The molecule has 0 aromatic heterocycles. The summed E-state index contributed by atoms with van der Waals surface area (Å²) in [6, 6.07) is 15.0. The number of benzene rings is 2. The summed E-state index contributed by atoms with van der Waals surface area (Å²) in [5.41, 5.74) is 3.67. The fourth-order valence-electron chi connectivity index (χ4n) is 2.65. The summed E-state index contributed by atoms with van der Waals surface area (Å²) in [4.78, 5) is 5.05. The Morgan fingerprint density at radius 2 is 1.90 bits per heavy atom. The van der Waals surface area contributed by atoms with Gasteiger partial charge in [0, 0.05) is 37.3 Å². The standard InChI is InChI=1S/C18H22N2S/c1-14-7-8-17(15(2)13-14)21-18-6-4-3-5-16(18)20-11-9-19-10-12-20/h3-8,13,19H,9-12H2,1-2H3/i1D. The second-order valence-electron chi connectivity index (χ2n) is 5.41. The van der Waals surface area contributed by atoms with Crippen LogP contribution < -0.4 is 10.2 Å². The summed E-state index contributed by atoms with van der Waals surface area (Å²) >= 11 is 1.83. The Kier molecular flexibility index (Phi) is 4.12. The van der Waals surface area contributed by atoms with Crippen molar-refractivity contribution in [3.8, 4) is 0 Å². The van der Waals surface area contributed by atoms with Gasteiger partial charge < -0.3 is 10.2 Å². The molecule has 0 aliphatic carbocycles. The lowest BCUT2D eigenvalue weighted by molar-refractivity contribution is 0.587. The summed E-state index contributed by atoms with van der Waals surface area (Å²) in [6.45, 7) is 6.72. The van der Waals surface area contributed by atoms with Crippen molar-refractivity contribution in [3.05, 3.63) is 53.6 Å². The van der Waals surface area contributed by atoms with Crippen molar-refractivity contribution in [2.75, 3.05) is 31.1 Å². The summed E-state index contributed by atoms with van der Waals surface area (Å²) in [6.07, 6.45) is 0. The van der Waals surface area contributed by atoms with Crippen LogP contribution in [0.25, 0.3) is 0 Å². The van der Waals surface area contributed by atoms with Gasteiger partial charge in [-0.25, -0.2) is 0 Å². The molecule has 0 amide bonds. The van der Waals surface area contributed by atoms with E-state index in [-0.39, 0.29) is 0 Å². The summed E-state index contributed by atoms with van der Waals surface area (Å²) in [7, 11) is 0. The van der Waals surface area contributed by atoms with Gasteiger partial charge in [-0.1, -0.05) is 41.6 Å². The molecule has 110 valence electrons. The van der Waals surface area contributed by atoms with Crippen LogP contribution in [-0.4, -0.2) is 26.2 Å². The minimum atomic E-state index is 0.350. The summed E-state index contributed by atoms with van der Waals surface area (Å²) in [5, 5.41) is 3.41. The molecule has 3 heteroatoms. The average molecular weight is 299 g/mol. The Bertz CT molecular complexity index is 639. The Hall–Kier alpha value is -1.45. The minimum absolute atomic E-state index is 0.350. The predicted molar refractivity (Wildman–Crippen MR) is 91.6 cm³/mol. The number of nitrogens with one attached hydrogen (secondary N) is 1. The molecule has 3 rings (SSSR count). The molecule has 0 atom stereocenters. The molecular formula is C18H22N2S. The highest BCUT2D eigenvalue weighted by Gasteiger charge is 2.14. The van der Waals surface area contributed by atoms with Crippen LogP contribution in [0.15, 0.2) is 52.3 Å². The second-order valence-corrected chi connectivity index (χ2v) is 6.49. The molecule has 1 aliphatic rings. The monoisotopic (exact) mass is 299 g/mol. The predicted octanol–water partition coefficient (Wildman–Crippen LogP) is 3.86. The summed E-state index contributed by atoms with van der Waals surface area (Å²) < 4.78 is 7.48. The van der Waals surface area contributed by atoms with E-state index in [0.717, 1.165) is 31.7 Å². The molecule has 2 nitrogen and oxygen atoms in total. The van der Waals surface area contributed by atoms with E-state index in [4.69, 9.17) is 1.37 Å². The van der Waals surface area contributed by atoms with Gasteiger partial charge in [-0.15, -0.1) is 0 Å². The SMILES string of the molecule is [2H]Cc1ccc(Sc2ccccc2N2CCNCC2)c(C)c1. The molecule has 0 saturated carbocycles. The van der Waals surface area contributed by atoms with Crippen molar-refractivity contribution >= 4 is 17.4 Å². The lowest BCUT2D eigenvalue weighted by atomic mass is 10.2. The number of rotatable bonds is 3. The molecule has 0 unspecified atom stereocenters. The zero-order chi connectivity index (χ0) is 15.4. The number of nitrogens with zero attached hydrogens (tertiary/aromatic N) is 1. The van der Waals surface area contributed by atoms with Crippen LogP contribution in [0, 0.1) is 13.8 Å². The second kappa shape index (κ2) is 6.54. The largest absolute Gasteiger partial charge is 0.368 e. The zero-order valence-corrected chi connectivity index (χ0v) is 13.2. The van der Waals surface area contributed by atoms with Crippen LogP contribution in [0.2, 0.25) is 0 Å². The van der Waals surface area contributed by atoms with E-state index >= 15 is 0 Å². The molecule has 1 fully saturated rings. The number of hydrogen-bond donors (Lipinski definition) is 1. The number of para-hydroxylation sites is 1. The highest BCUT2D eigenvalue weighted by atomic mass is 32.2. The van der Waals surface area contributed by atoms with Gasteiger partial charge in [0.05, 0.1) is 5.69 Å². The fourth-order valence-corrected chi connectivity index (χ4v) is 3.70.